The highest BCUT2D eigenvalue weighted by molar-refractivity contribution is 7.89. The van der Waals surface area contributed by atoms with E-state index in [-0.39, 0.29) is 17.6 Å². The van der Waals surface area contributed by atoms with Crippen LogP contribution in [0.4, 0.5) is 0 Å². The first-order valence-corrected chi connectivity index (χ1v) is 9.88. The van der Waals surface area contributed by atoms with Crippen molar-refractivity contribution in [1.29, 1.82) is 0 Å². The molecule has 0 unspecified atom stereocenters. The molecule has 1 amide bonds. The van der Waals surface area contributed by atoms with Gasteiger partial charge in [0.05, 0.1) is 11.7 Å². The summed E-state index contributed by atoms with van der Waals surface area (Å²) in [6, 6.07) is 0.342. The maximum absolute atomic E-state index is 12.5. The van der Waals surface area contributed by atoms with Crippen molar-refractivity contribution < 1.29 is 13.2 Å². The van der Waals surface area contributed by atoms with Crippen molar-refractivity contribution in [1.82, 2.24) is 9.62 Å². The van der Waals surface area contributed by atoms with E-state index in [0.29, 0.717) is 25.0 Å². The van der Waals surface area contributed by atoms with Crippen LogP contribution >= 0.6 is 0 Å². The second kappa shape index (κ2) is 5.88. The fourth-order valence-corrected chi connectivity index (χ4v) is 5.49. The number of carbonyl (C=O) groups excluding carboxylic acids is 1. The Bertz CT molecular complexity index is 505. The molecule has 5 nitrogen and oxygen atoms in total. The predicted molar refractivity (Wildman–Crippen MR) is 81.1 cm³/mol. The highest BCUT2D eigenvalue weighted by Gasteiger charge is 2.41. The van der Waals surface area contributed by atoms with E-state index in [1.54, 1.807) is 6.92 Å². The van der Waals surface area contributed by atoms with Gasteiger partial charge < -0.3 is 5.32 Å². The van der Waals surface area contributed by atoms with Crippen molar-refractivity contribution in [2.75, 3.05) is 18.8 Å². The molecular formula is C15H26N2O3S. The fraction of sp³-hybridized carbons (Fsp3) is 0.933. The predicted octanol–water partition coefficient (Wildman–Crippen LogP) is 1.35. The van der Waals surface area contributed by atoms with Gasteiger partial charge in [0.2, 0.25) is 15.9 Å². The first kappa shape index (κ1) is 15.3. The number of rotatable bonds is 4. The zero-order valence-corrected chi connectivity index (χ0v) is 13.6. The summed E-state index contributed by atoms with van der Waals surface area (Å²) >= 11 is 0. The average Bonchev–Trinajstić information content (AvgIpc) is 3.10. The van der Waals surface area contributed by atoms with Crippen molar-refractivity contribution >= 4 is 15.9 Å². The average molecular weight is 314 g/mol. The lowest BCUT2D eigenvalue weighted by atomic mass is 9.93. The van der Waals surface area contributed by atoms with Crippen LogP contribution in [0.5, 0.6) is 0 Å². The molecule has 4 atom stereocenters. The Labute approximate surface area is 127 Å². The van der Waals surface area contributed by atoms with Crippen molar-refractivity contribution in [3.63, 3.8) is 0 Å². The molecule has 1 N–H and O–H groups in total. The molecule has 3 fully saturated rings. The molecule has 1 saturated heterocycles. The normalized spacial score (nSPS) is 36.8. The van der Waals surface area contributed by atoms with Gasteiger partial charge in [0.1, 0.15) is 0 Å². The van der Waals surface area contributed by atoms with Gasteiger partial charge in [-0.3, -0.25) is 4.79 Å². The molecule has 0 radical (unpaired) electrons. The third kappa shape index (κ3) is 3.11. The van der Waals surface area contributed by atoms with Crippen molar-refractivity contribution in [3.05, 3.63) is 0 Å². The number of nitrogens with one attached hydrogen (secondary N) is 1. The van der Waals surface area contributed by atoms with Crippen LogP contribution in [-0.4, -0.2) is 43.5 Å². The third-order valence-corrected chi connectivity index (χ3v) is 7.43. The van der Waals surface area contributed by atoms with E-state index in [0.717, 1.165) is 25.2 Å². The zero-order valence-electron chi connectivity index (χ0n) is 12.8. The molecular weight excluding hydrogens is 288 g/mol. The van der Waals surface area contributed by atoms with Crippen molar-refractivity contribution in [3.8, 4) is 0 Å². The van der Waals surface area contributed by atoms with Crippen molar-refractivity contribution in [2.24, 2.45) is 17.8 Å². The van der Waals surface area contributed by atoms with Gasteiger partial charge in [0, 0.05) is 19.1 Å². The summed E-state index contributed by atoms with van der Waals surface area (Å²) in [6.45, 7) is 2.59. The quantitative estimate of drug-likeness (QED) is 0.852. The van der Waals surface area contributed by atoms with Crippen molar-refractivity contribution in [2.45, 2.75) is 51.5 Å². The van der Waals surface area contributed by atoms with Crippen LogP contribution in [0.15, 0.2) is 0 Å². The monoisotopic (exact) mass is 314 g/mol. The van der Waals surface area contributed by atoms with Crippen LogP contribution in [0.2, 0.25) is 0 Å². The number of carbonyl (C=O) groups is 1. The van der Waals surface area contributed by atoms with Crippen LogP contribution in [-0.2, 0) is 14.8 Å². The number of hydrogen-bond acceptors (Lipinski definition) is 3. The van der Waals surface area contributed by atoms with Gasteiger partial charge in [0.15, 0.2) is 0 Å². The third-order valence-electron chi connectivity index (χ3n) is 5.58. The Kier molecular flexibility index (Phi) is 4.28. The molecule has 6 heteroatoms. The number of hydrogen-bond donors (Lipinski definition) is 1. The van der Waals surface area contributed by atoms with E-state index in [4.69, 9.17) is 0 Å². The molecule has 3 aliphatic rings. The molecule has 0 aromatic rings. The molecule has 2 aliphatic carbocycles. The molecule has 3 rings (SSSR count). The Balaban J connectivity index is 1.57. The first-order chi connectivity index (χ1) is 9.99. The summed E-state index contributed by atoms with van der Waals surface area (Å²) in [7, 11) is -3.17. The van der Waals surface area contributed by atoms with Gasteiger partial charge >= 0.3 is 0 Å². The summed E-state index contributed by atoms with van der Waals surface area (Å²) in [5, 5.41) is 3.21. The lowest BCUT2D eigenvalue weighted by molar-refractivity contribution is -0.127. The smallest absolute Gasteiger partial charge is 0.224 e. The number of sulfonamides is 1. The maximum Gasteiger partial charge on any atom is 0.224 e. The van der Waals surface area contributed by atoms with Gasteiger partial charge in [0.25, 0.3) is 0 Å². The molecule has 0 spiro atoms. The summed E-state index contributed by atoms with van der Waals surface area (Å²) in [5.41, 5.74) is 0. The second-order valence-corrected chi connectivity index (χ2v) is 9.15. The highest BCUT2D eigenvalue weighted by Crippen LogP contribution is 2.44. The summed E-state index contributed by atoms with van der Waals surface area (Å²) < 4.78 is 25.4. The Morgan fingerprint density at radius 3 is 2.67 bits per heavy atom. The van der Waals surface area contributed by atoms with Gasteiger partial charge in [-0.25, -0.2) is 12.7 Å². The van der Waals surface area contributed by atoms with Gasteiger partial charge in [-0.1, -0.05) is 6.42 Å². The molecule has 0 aromatic carbocycles. The van der Waals surface area contributed by atoms with E-state index >= 15 is 0 Å². The second-order valence-electron chi connectivity index (χ2n) is 6.89. The minimum Gasteiger partial charge on any atom is -0.353 e. The standard InChI is InChI=1S/C15H26N2O3S/c1-2-21(19,20)17-7-3-4-13(10-17)15(18)16-14-9-11-5-6-12(14)8-11/h11-14H,2-10H2,1H3,(H,16,18)/t11-,12-,13-,14-/m0/s1. The lowest BCUT2D eigenvalue weighted by Gasteiger charge is -2.32. The molecule has 21 heavy (non-hydrogen) atoms. The molecule has 120 valence electrons. The molecule has 1 heterocycles. The van der Waals surface area contributed by atoms with E-state index in [9.17, 15) is 13.2 Å². The van der Waals surface area contributed by atoms with Gasteiger partial charge in [-0.05, 0) is 50.9 Å². The summed E-state index contributed by atoms with van der Waals surface area (Å²) in [5.74, 6) is 1.50. The van der Waals surface area contributed by atoms with Crippen LogP contribution in [0.1, 0.15) is 45.4 Å². The zero-order chi connectivity index (χ0) is 15.0. The number of amides is 1. The highest BCUT2D eigenvalue weighted by atomic mass is 32.2. The summed E-state index contributed by atoms with van der Waals surface area (Å²) in [6.07, 6.45) is 6.56. The first-order valence-electron chi connectivity index (χ1n) is 8.27. The van der Waals surface area contributed by atoms with Crippen LogP contribution in [0.25, 0.3) is 0 Å². The Hall–Kier alpha value is -0.620. The Morgan fingerprint density at radius 1 is 1.24 bits per heavy atom. The summed E-state index contributed by atoms with van der Waals surface area (Å²) in [4.78, 5) is 12.5. The number of nitrogens with zero attached hydrogens (tertiary/aromatic N) is 1. The fourth-order valence-electron chi connectivity index (χ4n) is 4.31. The van der Waals surface area contributed by atoms with E-state index in [1.165, 1.54) is 23.6 Å². The largest absolute Gasteiger partial charge is 0.353 e. The lowest BCUT2D eigenvalue weighted by Crippen LogP contribution is -2.48. The van der Waals surface area contributed by atoms with Crippen LogP contribution in [0, 0.1) is 17.8 Å². The molecule has 0 aromatic heterocycles. The molecule has 2 bridgehead atoms. The minimum absolute atomic E-state index is 0.0727. The van der Waals surface area contributed by atoms with Gasteiger partial charge in [-0.2, -0.15) is 0 Å². The number of fused-ring (bicyclic) bond motifs is 2. The topological polar surface area (TPSA) is 66.5 Å². The van der Waals surface area contributed by atoms with E-state index in [2.05, 4.69) is 5.32 Å². The Morgan fingerprint density at radius 2 is 2.05 bits per heavy atom. The minimum atomic E-state index is -3.17. The maximum atomic E-state index is 12.5. The van der Waals surface area contributed by atoms with E-state index in [1.807, 2.05) is 0 Å². The molecule has 2 saturated carbocycles. The van der Waals surface area contributed by atoms with Crippen LogP contribution < -0.4 is 5.32 Å². The SMILES string of the molecule is CCS(=O)(=O)N1CCC[C@H](C(=O)N[C@H]2C[C@H]3CC[C@H]2C3)C1. The van der Waals surface area contributed by atoms with E-state index < -0.39 is 10.0 Å². The van der Waals surface area contributed by atoms with Gasteiger partial charge in [-0.15, -0.1) is 0 Å². The van der Waals surface area contributed by atoms with Crippen LogP contribution in [0.3, 0.4) is 0 Å². The molecule has 1 aliphatic heterocycles. The number of piperidine rings is 1.